The average molecular weight is 574 g/mol. The van der Waals surface area contributed by atoms with Crippen LogP contribution in [0.1, 0.15) is 88.7 Å². The van der Waals surface area contributed by atoms with Gasteiger partial charge >= 0.3 is 0 Å². The molecule has 3 heterocycles. The molecular formula is C30H35Cl2FN4O2. The smallest absolute Gasteiger partial charge is 0.238 e. The SMILES string of the molecule is CC1(C)CCC2(CC1)N[C@@H](C(=O)NC1CCCCC1)[C@H](c1cccc(Cl)c1F)[C@]21C(=O)Nc2nc(Cl)ccc21. The highest BCUT2D eigenvalue weighted by atomic mass is 35.5. The second-order valence-corrected chi connectivity index (χ2v) is 13.4. The average Bonchev–Trinajstić information content (AvgIpc) is 3.36. The van der Waals surface area contributed by atoms with Crippen LogP contribution < -0.4 is 16.0 Å². The number of halogens is 3. The summed E-state index contributed by atoms with van der Waals surface area (Å²) in [7, 11) is 0. The van der Waals surface area contributed by atoms with Crippen LogP contribution in [0.3, 0.4) is 0 Å². The number of carbonyl (C=O) groups excluding carboxylic acids is 2. The van der Waals surface area contributed by atoms with E-state index in [1.807, 2.05) is 6.07 Å². The van der Waals surface area contributed by atoms with Gasteiger partial charge in [-0.05, 0) is 61.6 Å². The van der Waals surface area contributed by atoms with Crippen molar-refractivity contribution in [3.05, 3.63) is 57.5 Å². The van der Waals surface area contributed by atoms with Crippen molar-refractivity contribution in [3.8, 4) is 0 Å². The summed E-state index contributed by atoms with van der Waals surface area (Å²) >= 11 is 12.6. The number of rotatable bonds is 3. The number of nitrogens with zero attached hydrogens (tertiary/aromatic N) is 1. The molecule has 3 fully saturated rings. The summed E-state index contributed by atoms with van der Waals surface area (Å²) < 4.78 is 16.0. The Morgan fingerprint density at radius 3 is 2.49 bits per heavy atom. The first-order valence-electron chi connectivity index (χ1n) is 14.1. The molecule has 1 aromatic heterocycles. The number of amides is 2. The van der Waals surface area contributed by atoms with E-state index in [9.17, 15) is 9.59 Å². The lowest BCUT2D eigenvalue weighted by molar-refractivity contribution is -0.125. The molecular weight excluding hydrogens is 538 g/mol. The minimum atomic E-state index is -1.28. The van der Waals surface area contributed by atoms with E-state index in [1.165, 1.54) is 12.5 Å². The quantitative estimate of drug-likeness (QED) is 0.379. The fraction of sp³-hybridized carbons (Fsp3) is 0.567. The van der Waals surface area contributed by atoms with Crippen LogP contribution >= 0.6 is 23.2 Å². The number of hydrogen-bond donors (Lipinski definition) is 3. The van der Waals surface area contributed by atoms with Gasteiger partial charge in [0, 0.05) is 23.1 Å². The highest BCUT2D eigenvalue weighted by Crippen LogP contribution is 2.63. The van der Waals surface area contributed by atoms with E-state index in [1.54, 1.807) is 18.2 Å². The summed E-state index contributed by atoms with van der Waals surface area (Å²) in [5.41, 5.74) is -1.07. The molecule has 0 unspecified atom stereocenters. The Kier molecular flexibility index (Phi) is 6.71. The van der Waals surface area contributed by atoms with Gasteiger partial charge in [0.1, 0.15) is 22.2 Å². The Labute approximate surface area is 238 Å². The van der Waals surface area contributed by atoms with Crippen molar-refractivity contribution in [2.24, 2.45) is 5.41 Å². The molecule has 2 aromatic rings. The van der Waals surface area contributed by atoms with Gasteiger partial charge in [-0.2, -0.15) is 0 Å². The predicted molar refractivity (Wildman–Crippen MR) is 151 cm³/mol. The molecule has 4 aliphatic rings. The molecule has 3 N–H and O–H groups in total. The maximum atomic E-state index is 16.0. The zero-order valence-corrected chi connectivity index (χ0v) is 23.9. The van der Waals surface area contributed by atoms with Gasteiger partial charge in [0.2, 0.25) is 11.8 Å². The van der Waals surface area contributed by atoms with Crippen molar-refractivity contribution >= 4 is 40.8 Å². The van der Waals surface area contributed by atoms with Crippen molar-refractivity contribution in [1.82, 2.24) is 15.6 Å². The van der Waals surface area contributed by atoms with Crippen LogP contribution in [0.4, 0.5) is 10.2 Å². The maximum Gasteiger partial charge on any atom is 0.238 e. The minimum absolute atomic E-state index is 0.0346. The van der Waals surface area contributed by atoms with Gasteiger partial charge in [-0.15, -0.1) is 0 Å². The lowest BCUT2D eigenvalue weighted by Crippen LogP contribution is -2.61. The third-order valence-corrected chi connectivity index (χ3v) is 10.4. The van der Waals surface area contributed by atoms with Gasteiger partial charge < -0.3 is 10.6 Å². The second-order valence-electron chi connectivity index (χ2n) is 12.6. The molecule has 2 aliphatic carbocycles. The molecule has 2 aliphatic heterocycles. The summed E-state index contributed by atoms with van der Waals surface area (Å²) in [4.78, 5) is 33.0. The number of fused-ring (bicyclic) bond motifs is 3. The number of aromatic nitrogens is 1. The number of nitrogens with one attached hydrogen (secondary N) is 3. The Balaban J connectivity index is 1.56. The van der Waals surface area contributed by atoms with E-state index in [0.717, 1.165) is 38.5 Å². The van der Waals surface area contributed by atoms with Gasteiger partial charge in [0.25, 0.3) is 0 Å². The van der Waals surface area contributed by atoms with Crippen LogP contribution in [0.25, 0.3) is 0 Å². The maximum absolute atomic E-state index is 16.0. The zero-order valence-electron chi connectivity index (χ0n) is 22.4. The molecule has 0 bridgehead atoms. The lowest BCUT2D eigenvalue weighted by Gasteiger charge is -2.50. The normalized spacial score (nSPS) is 29.4. The topological polar surface area (TPSA) is 83.1 Å². The van der Waals surface area contributed by atoms with E-state index in [-0.39, 0.29) is 39.0 Å². The first-order chi connectivity index (χ1) is 18.6. The van der Waals surface area contributed by atoms with Crippen molar-refractivity contribution in [2.45, 2.75) is 101 Å². The molecule has 6 nitrogen and oxygen atoms in total. The van der Waals surface area contributed by atoms with Crippen LogP contribution in [0.5, 0.6) is 0 Å². The predicted octanol–water partition coefficient (Wildman–Crippen LogP) is 6.26. The highest BCUT2D eigenvalue weighted by Gasteiger charge is 2.73. The van der Waals surface area contributed by atoms with E-state index in [2.05, 4.69) is 34.8 Å². The van der Waals surface area contributed by atoms with Crippen LogP contribution in [0.2, 0.25) is 10.2 Å². The Morgan fingerprint density at radius 1 is 1.05 bits per heavy atom. The molecule has 39 heavy (non-hydrogen) atoms. The third-order valence-electron chi connectivity index (χ3n) is 9.87. The lowest BCUT2D eigenvalue weighted by atomic mass is 9.53. The Bertz CT molecular complexity index is 1320. The second kappa shape index (κ2) is 9.71. The van der Waals surface area contributed by atoms with Crippen LogP contribution in [-0.4, -0.2) is 34.4 Å². The third kappa shape index (κ3) is 4.18. The fourth-order valence-electron chi connectivity index (χ4n) is 7.82. The highest BCUT2D eigenvalue weighted by molar-refractivity contribution is 6.31. The minimum Gasteiger partial charge on any atom is -0.352 e. The number of hydrogen-bond acceptors (Lipinski definition) is 4. The summed E-state index contributed by atoms with van der Waals surface area (Å²) in [6.45, 7) is 4.46. The van der Waals surface area contributed by atoms with Crippen LogP contribution in [0, 0.1) is 11.2 Å². The van der Waals surface area contributed by atoms with Crippen LogP contribution in [0.15, 0.2) is 30.3 Å². The fourth-order valence-corrected chi connectivity index (χ4v) is 8.15. The number of anilines is 1. The zero-order chi connectivity index (χ0) is 27.6. The molecule has 2 amide bonds. The molecule has 9 heteroatoms. The van der Waals surface area contributed by atoms with E-state index >= 15 is 4.39 Å². The van der Waals surface area contributed by atoms with Crippen molar-refractivity contribution in [2.75, 3.05) is 5.32 Å². The van der Waals surface area contributed by atoms with Crippen molar-refractivity contribution < 1.29 is 14.0 Å². The van der Waals surface area contributed by atoms with E-state index < -0.39 is 28.7 Å². The van der Waals surface area contributed by atoms with Gasteiger partial charge in [-0.3, -0.25) is 14.9 Å². The summed E-state index contributed by atoms with van der Waals surface area (Å²) in [5, 5.41) is 10.2. The summed E-state index contributed by atoms with van der Waals surface area (Å²) in [5.74, 6) is -1.55. The largest absolute Gasteiger partial charge is 0.352 e. The molecule has 1 aromatic carbocycles. The molecule has 3 atom stereocenters. The number of pyridine rings is 1. The molecule has 0 radical (unpaired) electrons. The van der Waals surface area contributed by atoms with Crippen LogP contribution in [-0.2, 0) is 15.0 Å². The molecule has 2 spiro atoms. The van der Waals surface area contributed by atoms with Gasteiger partial charge in [0.05, 0.1) is 11.1 Å². The van der Waals surface area contributed by atoms with Gasteiger partial charge in [-0.25, -0.2) is 9.37 Å². The monoisotopic (exact) mass is 572 g/mol. The van der Waals surface area contributed by atoms with Gasteiger partial charge in [0.15, 0.2) is 0 Å². The standard InChI is InChI=1S/C30H35Cl2FN4O2/c1-28(2)13-15-29(16-14-28)30(19-11-12-21(32)35-25(19)36-27(30)39)22(18-9-6-10-20(31)23(18)33)24(37-29)26(38)34-17-7-4-3-5-8-17/h6,9-12,17,22,24,37H,3-5,7-8,13-16H2,1-2H3,(H,34,38)(H,35,36,39)/t22-,24+,30+/m0/s1. The number of carbonyl (C=O) groups is 2. The summed E-state index contributed by atoms with van der Waals surface area (Å²) in [6, 6.07) is 7.57. The first kappa shape index (κ1) is 27.0. The van der Waals surface area contributed by atoms with Crippen molar-refractivity contribution in [3.63, 3.8) is 0 Å². The van der Waals surface area contributed by atoms with E-state index in [4.69, 9.17) is 23.2 Å². The van der Waals surface area contributed by atoms with E-state index in [0.29, 0.717) is 24.2 Å². The molecule has 208 valence electrons. The Hall–Kier alpha value is -2.22. The Morgan fingerprint density at radius 2 is 1.77 bits per heavy atom. The molecule has 2 saturated carbocycles. The summed E-state index contributed by atoms with van der Waals surface area (Å²) in [6.07, 6.45) is 8.17. The van der Waals surface area contributed by atoms with Gasteiger partial charge in [-0.1, -0.05) is 74.5 Å². The first-order valence-corrected chi connectivity index (χ1v) is 14.8. The number of benzene rings is 1. The van der Waals surface area contributed by atoms with Crippen molar-refractivity contribution in [1.29, 1.82) is 0 Å². The molecule has 1 saturated heterocycles. The molecule has 6 rings (SSSR count).